The molecule has 1 aliphatic rings. The summed E-state index contributed by atoms with van der Waals surface area (Å²) < 4.78 is 6.28. The van der Waals surface area contributed by atoms with Crippen molar-refractivity contribution in [2.24, 2.45) is 0 Å². The van der Waals surface area contributed by atoms with E-state index in [1.807, 2.05) is 22.3 Å². The summed E-state index contributed by atoms with van der Waals surface area (Å²) in [6.07, 6.45) is 9.28. The summed E-state index contributed by atoms with van der Waals surface area (Å²) in [4.78, 5) is 6.48. The van der Waals surface area contributed by atoms with Gasteiger partial charge in [0.1, 0.15) is 12.4 Å². The predicted molar refractivity (Wildman–Crippen MR) is 113 cm³/mol. The van der Waals surface area contributed by atoms with Crippen LogP contribution in [0.4, 0.5) is 0 Å². The van der Waals surface area contributed by atoms with Crippen molar-refractivity contribution >= 4 is 33.8 Å². The van der Waals surface area contributed by atoms with E-state index in [-0.39, 0.29) is 0 Å². The molecule has 0 bridgehead atoms. The Labute approximate surface area is 169 Å². The van der Waals surface area contributed by atoms with Crippen molar-refractivity contribution in [2.45, 2.75) is 64.7 Å². The molecule has 4 rings (SSSR count). The van der Waals surface area contributed by atoms with Crippen LogP contribution in [0.25, 0.3) is 10.2 Å². The summed E-state index contributed by atoms with van der Waals surface area (Å²) in [6.45, 7) is 5.19. The lowest BCUT2D eigenvalue weighted by molar-refractivity contribution is -0.959. The van der Waals surface area contributed by atoms with Gasteiger partial charge in [0.05, 0.1) is 16.8 Å². The number of likely N-dealkylation sites (tertiary alicyclic amines) is 1. The SMILES string of the molecule is CCCCCn1cnn(C[NH+]2CCCC[C@@H]2c2nc3ccccc3s2)c1=S. The van der Waals surface area contributed by atoms with Gasteiger partial charge in [-0.2, -0.15) is 9.78 Å². The van der Waals surface area contributed by atoms with Gasteiger partial charge in [-0.3, -0.25) is 0 Å². The molecule has 1 fully saturated rings. The first-order valence-electron chi connectivity index (χ1n) is 10.1. The molecule has 0 saturated carbocycles. The number of hydrogen-bond donors (Lipinski definition) is 1. The Morgan fingerprint density at radius 1 is 1.26 bits per heavy atom. The van der Waals surface area contributed by atoms with Crippen molar-refractivity contribution in [3.63, 3.8) is 0 Å². The number of para-hydroxylation sites is 1. The molecule has 7 heteroatoms. The molecule has 1 unspecified atom stereocenters. The number of benzene rings is 1. The summed E-state index contributed by atoms with van der Waals surface area (Å²) >= 11 is 7.54. The molecule has 0 amide bonds. The molecule has 1 aliphatic heterocycles. The second kappa shape index (κ2) is 8.63. The molecular weight excluding hydrogens is 374 g/mol. The number of thiazole rings is 1. The van der Waals surface area contributed by atoms with Gasteiger partial charge in [0.25, 0.3) is 0 Å². The molecule has 144 valence electrons. The smallest absolute Gasteiger partial charge is 0.202 e. The van der Waals surface area contributed by atoms with E-state index in [1.54, 1.807) is 0 Å². The topological polar surface area (TPSA) is 40.1 Å². The first-order chi connectivity index (χ1) is 13.3. The number of aryl methyl sites for hydroxylation is 1. The van der Waals surface area contributed by atoms with Crippen LogP contribution >= 0.6 is 23.6 Å². The molecule has 3 aromatic rings. The molecule has 1 N–H and O–H groups in total. The maximum absolute atomic E-state index is 5.69. The Bertz CT molecular complexity index is 908. The van der Waals surface area contributed by atoms with Crippen LogP contribution in [0.5, 0.6) is 0 Å². The molecule has 2 aromatic heterocycles. The summed E-state index contributed by atoms with van der Waals surface area (Å²) in [5.74, 6) is 0. The molecule has 0 aliphatic carbocycles. The highest BCUT2D eigenvalue weighted by Crippen LogP contribution is 2.28. The largest absolute Gasteiger partial charge is 0.308 e. The second-order valence-electron chi connectivity index (χ2n) is 7.45. The molecule has 1 aromatic carbocycles. The summed E-state index contributed by atoms with van der Waals surface area (Å²) in [5, 5.41) is 5.86. The number of rotatable bonds is 7. The lowest BCUT2D eigenvalue weighted by Crippen LogP contribution is -3.12. The monoisotopic (exact) mass is 402 g/mol. The normalized spacial score (nSPS) is 20.3. The van der Waals surface area contributed by atoms with Gasteiger partial charge in [0, 0.05) is 13.0 Å². The lowest BCUT2D eigenvalue weighted by Gasteiger charge is -2.30. The zero-order chi connectivity index (χ0) is 18.6. The number of quaternary nitrogens is 1. The second-order valence-corrected chi connectivity index (χ2v) is 8.88. The van der Waals surface area contributed by atoms with Crippen LogP contribution in [0.3, 0.4) is 0 Å². The average Bonchev–Trinajstić information content (AvgIpc) is 3.27. The van der Waals surface area contributed by atoms with Crippen LogP contribution < -0.4 is 4.90 Å². The lowest BCUT2D eigenvalue weighted by atomic mass is 10.0. The predicted octanol–water partition coefficient (Wildman–Crippen LogP) is 3.98. The minimum absolute atomic E-state index is 0.447. The number of fused-ring (bicyclic) bond motifs is 1. The van der Waals surface area contributed by atoms with E-state index in [1.165, 1.54) is 53.1 Å². The van der Waals surface area contributed by atoms with E-state index >= 15 is 0 Å². The zero-order valence-electron chi connectivity index (χ0n) is 15.9. The highest BCUT2D eigenvalue weighted by atomic mass is 32.1. The van der Waals surface area contributed by atoms with Crippen LogP contribution in [0.1, 0.15) is 56.5 Å². The van der Waals surface area contributed by atoms with Crippen molar-refractivity contribution in [3.05, 3.63) is 40.4 Å². The zero-order valence-corrected chi connectivity index (χ0v) is 17.6. The highest BCUT2D eigenvalue weighted by Gasteiger charge is 2.31. The van der Waals surface area contributed by atoms with Crippen molar-refractivity contribution < 1.29 is 4.90 Å². The van der Waals surface area contributed by atoms with Gasteiger partial charge in [0.2, 0.25) is 4.77 Å². The van der Waals surface area contributed by atoms with Crippen molar-refractivity contribution in [1.82, 2.24) is 19.3 Å². The first-order valence-corrected chi connectivity index (χ1v) is 11.3. The number of hydrogen-bond acceptors (Lipinski definition) is 4. The van der Waals surface area contributed by atoms with Crippen molar-refractivity contribution in [1.29, 1.82) is 0 Å². The van der Waals surface area contributed by atoms with E-state index in [9.17, 15) is 0 Å². The van der Waals surface area contributed by atoms with Gasteiger partial charge in [-0.05, 0) is 43.6 Å². The fraction of sp³-hybridized carbons (Fsp3) is 0.550. The minimum Gasteiger partial charge on any atom is -0.308 e. The maximum Gasteiger partial charge on any atom is 0.202 e. The standard InChI is InChI=1S/C20H27N5S2/c1-2-3-7-12-23-14-21-25(20(23)26)15-24-13-8-6-10-17(24)19-22-16-9-4-5-11-18(16)27-19/h4-5,9,11,14,17H,2-3,6-8,10,12-13,15H2,1H3/p+1/t17-/m1/s1. The number of aromatic nitrogens is 4. The third kappa shape index (κ3) is 4.15. The highest BCUT2D eigenvalue weighted by molar-refractivity contribution is 7.71. The Hall–Kier alpha value is -1.57. The Kier molecular flexibility index (Phi) is 6.00. The van der Waals surface area contributed by atoms with Crippen LogP contribution in [-0.2, 0) is 13.2 Å². The van der Waals surface area contributed by atoms with Gasteiger partial charge < -0.3 is 9.47 Å². The van der Waals surface area contributed by atoms with Gasteiger partial charge >= 0.3 is 0 Å². The molecule has 2 atom stereocenters. The van der Waals surface area contributed by atoms with Crippen LogP contribution in [0.2, 0.25) is 0 Å². The number of piperidine rings is 1. The molecule has 5 nitrogen and oxygen atoms in total. The summed E-state index contributed by atoms with van der Waals surface area (Å²) in [6, 6.07) is 8.91. The van der Waals surface area contributed by atoms with Gasteiger partial charge in [-0.15, -0.1) is 11.3 Å². The molecule has 3 heterocycles. The van der Waals surface area contributed by atoms with Crippen LogP contribution in [0.15, 0.2) is 30.6 Å². The number of unbranched alkanes of at least 4 members (excludes halogenated alkanes) is 2. The van der Waals surface area contributed by atoms with Crippen LogP contribution in [-0.4, -0.2) is 25.9 Å². The van der Waals surface area contributed by atoms with Crippen LogP contribution in [0, 0.1) is 4.77 Å². The van der Waals surface area contributed by atoms with E-state index in [0.29, 0.717) is 6.04 Å². The molecule has 27 heavy (non-hydrogen) atoms. The van der Waals surface area contributed by atoms with Gasteiger partial charge in [-0.1, -0.05) is 31.9 Å². The van der Waals surface area contributed by atoms with Gasteiger partial charge in [-0.25, -0.2) is 4.98 Å². The van der Waals surface area contributed by atoms with E-state index < -0.39 is 0 Å². The summed E-state index contributed by atoms with van der Waals surface area (Å²) in [5.41, 5.74) is 1.12. The van der Waals surface area contributed by atoms with E-state index in [0.717, 1.165) is 30.0 Å². The average molecular weight is 403 g/mol. The quantitative estimate of drug-likeness (QED) is 0.480. The third-order valence-corrected chi connectivity index (χ3v) is 7.09. The van der Waals surface area contributed by atoms with E-state index in [2.05, 4.69) is 40.9 Å². The first kappa shape index (κ1) is 18.8. The van der Waals surface area contributed by atoms with E-state index in [4.69, 9.17) is 17.2 Å². The van der Waals surface area contributed by atoms with Crippen molar-refractivity contribution in [3.8, 4) is 0 Å². The molecule has 0 spiro atoms. The fourth-order valence-corrected chi connectivity index (χ4v) is 5.37. The fourth-order valence-electron chi connectivity index (χ4n) is 3.96. The third-order valence-electron chi connectivity index (χ3n) is 5.49. The Morgan fingerprint density at radius 2 is 2.15 bits per heavy atom. The number of nitrogens with zero attached hydrogens (tertiary/aromatic N) is 4. The Morgan fingerprint density at radius 3 is 3.00 bits per heavy atom. The van der Waals surface area contributed by atoms with Crippen molar-refractivity contribution in [2.75, 3.05) is 6.54 Å². The minimum atomic E-state index is 0.447. The van der Waals surface area contributed by atoms with Gasteiger partial charge in [0.15, 0.2) is 11.7 Å². The summed E-state index contributed by atoms with van der Waals surface area (Å²) in [7, 11) is 0. The Balaban J connectivity index is 1.52. The molecule has 1 saturated heterocycles. The maximum atomic E-state index is 5.69. The molecular formula is C20H28N5S2+. The molecule has 0 radical (unpaired) electrons. The number of nitrogens with one attached hydrogen (secondary N) is 1.